The lowest BCUT2D eigenvalue weighted by Crippen LogP contribution is -1.89. The third kappa shape index (κ3) is 2.51. The molecule has 0 heterocycles. The average Bonchev–Trinajstić information content (AvgIpc) is 2.33. The summed E-state index contributed by atoms with van der Waals surface area (Å²) in [4.78, 5) is 0.0254. The van der Waals surface area contributed by atoms with Gasteiger partial charge in [0.05, 0.1) is 14.9 Å². The molecule has 0 saturated carbocycles. The number of hydrogen-bond donors (Lipinski definition) is 1. The van der Waals surface area contributed by atoms with E-state index in [4.69, 9.17) is 23.2 Å². The van der Waals surface area contributed by atoms with Crippen LogP contribution in [0.2, 0.25) is 10.0 Å². The van der Waals surface area contributed by atoms with E-state index in [1.165, 1.54) is 12.1 Å². The van der Waals surface area contributed by atoms with Gasteiger partial charge in [-0.3, -0.25) is 0 Å². The van der Waals surface area contributed by atoms with Crippen LogP contribution in [0.5, 0.6) is 0 Å². The normalized spacial score (nSPS) is 10.9. The van der Waals surface area contributed by atoms with Crippen molar-refractivity contribution >= 4 is 33.9 Å². The Kier molecular flexibility index (Phi) is 3.90. The summed E-state index contributed by atoms with van der Waals surface area (Å²) < 4.78 is 35.5. The predicted octanol–water partition coefficient (Wildman–Crippen LogP) is 3.77. The van der Waals surface area contributed by atoms with Crippen LogP contribution in [0.15, 0.2) is 41.3 Å². The van der Waals surface area contributed by atoms with E-state index in [1.54, 1.807) is 18.2 Å². The molecule has 18 heavy (non-hydrogen) atoms. The Morgan fingerprint density at radius 2 is 1.72 bits per heavy atom. The van der Waals surface area contributed by atoms with Crippen LogP contribution in [0.25, 0.3) is 11.1 Å². The summed E-state index contributed by atoms with van der Waals surface area (Å²) in [5, 5.41) is 0.474. The molecule has 0 radical (unpaired) electrons. The first-order chi connectivity index (χ1) is 8.50. The van der Waals surface area contributed by atoms with Gasteiger partial charge in [-0.2, -0.15) is 0 Å². The van der Waals surface area contributed by atoms with Gasteiger partial charge in [0.1, 0.15) is 5.82 Å². The van der Waals surface area contributed by atoms with E-state index in [1.807, 2.05) is 0 Å². The molecule has 2 rings (SSSR count). The molecule has 6 heteroatoms. The highest BCUT2D eigenvalue weighted by atomic mass is 35.5. The third-order valence-electron chi connectivity index (χ3n) is 2.40. The van der Waals surface area contributed by atoms with Crippen molar-refractivity contribution in [3.05, 3.63) is 52.3 Å². The van der Waals surface area contributed by atoms with Gasteiger partial charge >= 0.3 is 0 Å². The predicted molar refractivity (Wildman–Crippen MR) is 70.4 cm³/mol. The van der Waals surface area contributed by atoms with E-state index in [9.17, 15) is 12.8 Å². The topological polar surface area (TPSA) is 34.1 Å². The number of hydrogen-bond acceptors (Lipinski definition) is 2. The van der Waals surface area contributed by atoms with Crippen molar-refractivity contribution in [2.75, 3.05) is 0 Å². The fourth-order valence-corrected chi connectivity index (χ4v) is 2.38. The van der Waals surface area contributed by atoms with Crippen LogP contribution in [0.1, 0.15) is 0 Å². The van der Waals surface area contributed by atoms with Gasteiger partial charge in [-0.15, -0.1) is 0 Å². The molecule has 0 aliphatic heterocycles. The first kappa shape index (κ1) is 13.3. The van der Waals surface area contributed by atoms with Gasteiger partial charge in [0, 0.05) is 11.1 Å². The Labute approximate surface area is 115 Å². The Hall–Kier alpha value is -1.10. The second-order valence-corrected chi connectivity index (χ2v) is 5.34. The van der Waals surface area contributed by atoms with Gasteiger partial charge in [-0.1, -0.05) is 35.3 Å². The highest BCUT2D eigenvalue weighted by Gasteiger charge is 2.12. The van der Waals surface area contributed by atoms with Crippen molar-refractivity contribution in [1.29, 1.82) is 0 Å². The summed E-state index contributed by atoms with van der Waals surface area (Å²) in [5.41, 5.74) is 0.472. The zero-order valence-electron chi connectivity index (χ0n) is 8.86. The molecule has 0 unspecified atom stereocenters. The largest absolute Gasteiger partial charge is 0.227 e. The lowest BCUT2D eigenvalue weighted by molar-refractivity contribution is 0.612. The monoisotopic (exact) mass is 304 g/mol. The Bertz CT molecular complexity index is 676. The number of halogens is 3. The summed E-state index contributed by atoms with van der Waals surface area (Å²) in [6.07, 6.45) is 0. The Balaban J connectivity index is 2.70. The van der Waals surface area contributed by atoms with Crippen LogP contribution in [0, 0.1) is 5.82 Å². The molecule has 2 aromatic rings. The SMILES string of the molecule is O=[SH](=O)c1ccc(F)c(-c2cccc(Cl)c2Cl)c1. The van der Waals surface area contributed by atoms with Gasteiger partial charge in [-0.05, 0) is 24.3 Å². The molecule has 2 nitrogen and oxygen atoms in total. The molecule has 2 aromatic carbocycles. The van der Waals surface area contributed by atoms with Crippen LogP contribution in [-0.2, 0) is 10.7 Å². The van der Waals surface area contributed by atoms with Crippen molar-refractivity contribution in [2.45, 2.75) is 4.90 Å². The molecule has 0 amide bonds. The number of benzene rings is 2. The lowest BCUT2D eigenvalue weighted by Gasteiger charge is -2.07. The molecule has 94 valence electrons. The van der Waals surface area contributed by atoms with E-state index < -0.39 is 16.5 Å². The van der Waals surface area contributed by atoms with E-state index >= 15 is 0 Å². The quantitative estimate of drug-likeness (QED) is 0.857. The maximum atomic E-state index is 13.7. The first-order valence-corrected chi connectivity index (χ1v) is 6.82. The molecule has 0 aromatic heterocycles. The van der Waals surface area contributed by atoms with Gasteiger partial charge in [0.25, 0.3) is 0 Å². The number of rotatable bonds is 2. The summed E-state index contributed by atoms with van der Waals surface area (Å²) >= 11 is 11.8. The second-order valence-electron chi connectivity index (χ2n) is 3.52. The van der Waals surface area contributed by atoms with Gasteiger partial charge in [0.15, 0.2) is 10.7 Å². The molecule has 0 saturated heterocycles. The highest BCUT2D eigenvalue weighted by molar-refractivity contribution is 7.72. The molecular weight excluding hydrogens is 298 g/mol. The van der Waals surface area contributed by atoms with Crippen molar-refractivity contribution in [1.82, 2.24) is 0 Å². The fourth-order valence-electron chi connectivity index (χ4n) is 1.55. The van der Waals surface area contributed by atoms with Crippen LogP contribution < -0.4 is 0 Å². The second kappa shape index (κ2) is 5.26. The van der Waals surface area contributed by atoms with Gasteiger partial charge < -0.3 is 0 Å². The minimum atomic E-state index is -2.77. The Morgan fingerprint density at radius 3 is 2.39 bits per heavy atom. The fraction of sp³-hybridized carbons (Fsp3) is 0. The molecule has 0 fully saturated rings. The van der Waals surface area contributed by atoms with Crippen LogP contribution in [0.3, 0.4) is 0 Å². The van der Waals surface area contributed by atoms with E-state index in [0.29, 0.717) is 5.56 Å². The van der Waals surface area contributed by atoms with Crippen molar-refractivity contribution in [3.8, 4) is 11.1 Å². The minimum absolute atomic E-state index is 0.0254. The smallest absolute Gasteiger partial charge is 0.168 e. The minimum Gasteiger partial charge on any atom is -0.227 e. The zero-order chi connectivity index (χ0) is 13.3. The first-order valence-electron chi connectivity index (χ1n) is 4.89. The zero-order valence-corrected chi connectivity index (χ0v) is 11.3. The van der Waals surface area contributed by atoms with Gasteiger partial charge in [-0.25, -0.2) is 12.8 Å². The van der Waals surface area contributed by atoms with E-state index in [2.05, 4.69) is 0 Å². The molecule has 0 bridgehead atoms. The van der Waals surface area contributed by atoms with Crippen molar-refractivity contribution < 1.29 is 12.8 Å². The van der Waals surface area contributed by atoms with E-state index in [0.717, 1.165) is 6.07 Å². The third-order valence-corrected chi connectivity index (χ3v) is 3.92. The molecular formula is C12H7Cl2FO2S. The number of thiol groups is 1. The van der Waals surface area contributed by atoms with Crippen LogP contribution in [0.4, 0.5) is 4.39 Å². The van der Waals surface area contributed by atoms with Crippen molar-refractivity contribution in [3.63, 3.8) is 0 Å². The van der Waals surface area contributed by atoms with Crippen molar-refractivity contribution in [2.24, 2.45) is 0 Å². The maximum Gasteiger partial charge on any atom is 0.168 e. The van der Waals surface area contributed by atoms with Crippen LogP contribution >= 0.6 is 23.2 Å². The van der Waals surface area contributed by atoms with Crippen LogP contribution in [-0.4, -0.2) is 8.42 Å². The maximum absolute atomic E-state index is 13.7. The molecule has 0 N–H and O–H groups in total. The van der Waals surface area contributed by atoms with Gasteiger partial charge in [0.2, 0.25) is 0 Å². The molecule has 0 aliphatic rings. The molecule has 0 aliphatic carbocycles. The average molecular weight is 305 g/mol. The molecule has 0 spiro atoms. The lowest BCUT2D eigenvalue weighted by atomic mass is 10.1. The summed E-state index contributed by atoms with van der Waals surface area (Å²) in [5.74, 6) is -0.556. The molecule has 0 atom stereocenters. The Morgan fingerprint density at radius 1 is 1.00 bits per heavy atom. The van der Waals surface area contributed by atoms with E-state index in [-0.39, 0.29) is 20.5 Å². The summed E-state index contributed by atoms with van der Waals surface area (Å²) in [6.45, 7) is 0. The summed E-state index contributed by atoms with van der Waals surface area (Å²) in [6, 6.07) is 8.29. The summed E-state index contributed by atoms with van der Waals surface area (Å²) in [7, 11) is -2.77. The highest BCUT2D eigenvalue weighted by Crippen LogP contribution is 2.35. The standard InChI is InChI=1S/C12H7Cl2FO2S/c13-10-3-1-2-8(12(10)14)9-6-7(18(16)17)4-5-11(9)15/h1-6,18H.